The average molecular weight is 487 g/mol. The highest BCUT2D eigenvalue weighted by atomic mass is 32.1. The number of fused-ring (bicyclic) bond motifs is 1. The molecule has 0 amide bonds. The Labute approximate surface area is 197 Å². The van der Waals surface area contributed by atoms with Crippen LogP contribution in [0.2, 0.25) is 0 Å². The Morgan fingerprint density at radius 2 is 1.94 bits per heavy atom. The van der Waals surface area contributed by atoms with E-state index < -0.39 is 18.0 Å². The summed E-state index contributed by atoms with van der Waals surface area (Å²) >= 11 is 2.79. The fourth-order valence-electron chi connectivity index (χ4n) is 3.29. The van der Waals surface area contributed by atoms with Gasteiger partial charge in [-0.2, -0.15) is 0 Å². The molecule has 0 saturated carbocycles. The molecular formula is C23H22N2O6S2. The van der Waals surface area contributed by atoms with E-state index >= 15 is 0 Å². The van der Waals surface area contributed by atoms with E-state index in [-0.39, 0.29) is 5.56 Å². The Hall–Kier alpha value is -3.50. The highest BCUT2D eigenvalue weighted by Gasteiger charge is 2.33. The van der Waals surface area contributed by atoms with E-state index in [1.54, 1.807) is 18.6 Å². The third-order valence-corrected chi connectivity index (χ3v) is 6.54. The monoisotopic (exact) mass is 486 g/mol. The molecule has 2 aromatic heterocycles. The van der Waals surface area contributed by atoms with Crippen LogP contribution in [0.1, 0.15) is 30.3 Å². The Morgan fingerprint density at radius 1 is 1.21 bits per heavy atom. The number of methoxy groups -OCH3 is 2. The van der Waals surface area contributed by atoms with Gasteiger partial charge in [-0.15, -0.1) is 11.3 Å². The molecule has 1 aliphatic rings. The van der Waals surface area contributed by atoms with Crippen LogP contribution in [0.5, 0.6) is 5.75 Å². The standard InChI is InChI=1S/C21H18N2O4S2.C2H4O2/c1-12-17(20(25)27-3)18(15-8-5-9-28-15)23-19(24)16(29-21(23)22-12)11-13-6-4-7-14(10-13)26-2;1-2(3)4/h4-11,18H,1-3H3;1H3,(H,3,4)/b16-11+;. The Kier molecular flexibility index (Phi) is 7.62. The van der Waals surface area contributed by atoms with Gasteiger partial charge in [0, 0.05) is 11.8 Å². The third-order valence-electron chi connectivity index (χ3n) is 4.63. The number of carboxylic acids is 1. The number of nitrogens with zero attached hydrogens (tertiary/aromatic N) is 2. The summed E-state index contributed by atoms with van der Waals surface area (Å²) < 4.78 is 12.4. The lowest BCUT2D eigenvalue weighted by Crippen LogP contribution is -2.39. The van der Waals surface area contributed by atoms with E-state index in [2.05, 4.69) is 4.99 Å². The molecule has 0 spiro atoms. The van der Waals surface area contributed by atoms with Crippen molar-refractivity contribution in [1.82, 2.24) is 4.57 Å². The fraction of sp³-hybridized carbons (Fsp3) is 0.217. The van der Waals surface area contributed by atoms with Crippen LogP contribution in [-0.2, 0) is 14.3 Å². The van der Waals surface area contributed by atoms with Gasteiger partial charge < -0.3 is 14.6 Å². The first kappa shape index (κ1) is 24.1. The predicted molar refractivity (Wildman–Crippen MR) is 126 cm³/mol. The number of thiazole rings is 1. The molecule has 0 saturated heterocycles. The number of carbonyl (C=O) groups is 2. The van der Waals surface area contributed by atoms with Gasteiger partial charge in [0.15, 0.2) is 4.80 Å². The maximum absolute atomic E-state index is 13.3. The molecule has 0 aliphatic carbocycles. The lowest BCUT2D eigenvalue weighted by atomic mass is 10.0. The second-order valence-electron chi connectivity index (χ2n) is 6.88. The highest BCUT2D eigenvalue weighted by molar-refractivity contribution is 7.10. The average Bonchev–Trinajstić information content (AvgIpc) is 3.41. The molecule has 1 aliphatic heterocycles. The first-order chi connectivity index (χ1) is 15.8. The molecule has 172 valence electrons. The molecule has 1 aromatic carbocycles. The van der Waals surface area contributed by atoms with E-state index in [0.717, 1.165) is 17.4 Å². The van der Waals surface area contributed by atoms with Crippen molar-refractivity contribution in [1.29, 1.82) is 0 Å². The lowest BCUT2D eigenvalue weighted by molar-refractivity contribution is -0.137. The number of aliphatic carboxylic acids is 1. The third kappa shape index (κ3) is 5.29. The molecule has 3 heterocycles. The zero-order valence-electron chi connectivity index (χ0n) is 18.4. The number of benzene rings is 1. The molecule has 0 fully saturated rings. The van der Waals surface area contributed by atoms with Crippen LogP contribution in [0.3, 0.4) is 0 Å². The maximum Gasteiger partial charge on any atom is 0.338 e. The van der Waals surface area contributed by atoms with Gasteiger partial charge in [0.25, 0.3) is 11.5 Å². The number of aromatic nitrogens is 1. The van der Waals surface area contributed by atoms with Crippen LogP contribution in [0.25, 0.3) is 6.08 Å². The minimum atomic E-state index is -0.833. The van der Waals surface area contributed by atoms with E-state index in [1.165, 1.54) is 29.8 Å². The molecule has 0 radical (unpaired) electrons. The molecular weight excluding hydrogens is 464 g/mol. The van der Waals surface area contributed by atoms with Gasteiger partial charge in [-0.05, 0) is 42.1 Å². The lowest BCUT2D eigenvalue weighted by Gasteiger charge is -2.22. The molecule has 0 bridgehead atoms. The fourth-order valence-corrected chi connectivity index (χ4v) is 5.16. The summed E-state index contributed by atoms with van der Waals surface area (Å²) in [7, 11) is 2.94. The Balaban J connectivity index is 0.000000709. The summed E-state index contributed by atoms with van der Waals surface area (Å²) in [5, 5.41) is 9.34. The van der Waals surface area contributed by atoms with Crippen LogP contribution in [0.15, 0.2) is 62.8 Å². The van der Waals surface area contributed by atoms with Crippen molar-refractivity contribution in [3.8, 4) is 5.75 Å². The molecule has 1 N–H and O–H groups in total. The van der Waals surface area contributed by atoms with Gasteiger partial charge in [0.1, 0.15) is 11.8 Å². The second kappa shape index (κ2) is 10.4. The summed E-state index contributed by atoms with van der Waals surface area (Å²) in [6.45, 7) is 2.85. The topological polar surface area (TPSA) is 107 Å². The number of rotatable bonds is 4. The van der Waals surface area contributed by atoms with Gasteiger partial charge in [-0.1, -0.05) is 29.5 Å². The van der Waals surface area contributed by atoms with Crippen molar-refractivity contribution in [3.05, 3.63) is 83.2 Å². The van der Waals surface area contributed by atoms with Crippen molar-refractivity contribution >= 4 is 40.7 Å². The van der Waals surface area contributed by atoms with Crippen molar-refractivity contribution in [2.75, 3.05) is 14.2 Å². The van der Waals surface area contributed by atoms with Crippen LogP contribution in [0, 0.1) is 0 Å². The smallest absolute Gasteiger partial charge is 0.338 e. The zero-order chi connectivity index (χ0) is 24.1. The Morgan fingerprint density at radius 3 is 2.55 bits per heavy atom. The van der Waals surface area contributed by atoms with Crippen molar-refractivity contribution in [3.63, 3.8) is 0 Å². The number of hydrogen-bond donors (Lipinski definition) is 1. The largest absolute Gasteiger partial charge is 0.497 e. The first-order valence-corrected chi connectivity index (χ1v) is 11.4. The first-order valence-electron chi connectivity index (χ1n) is 9.74. The summed E-state index contributed by atoms with van der Waals surface area (Å²) in [6, 6.07) is 10.7. The van der Waals surface area contributed by atoms with Crippen molar-refractivity contribution < 1.29 is 24.2 Å². The summed E-state index contributed by atoms with van der Waals surface area (Å²) in [6.07, 6.45) is 1.81. The van der Waals surface area contributed by atoms with Gasteiger partial charge in [-0.3, -0.25) is 14.2 Å². The molecule has 1 atom stereocenters. The summed E-state index contributed by atoms with van der Waals surface area (Å²) in [5.74, 6) is -0.599. The number of carbonyl (C=O) groups excluding carboxylic acids is 1. The number of esters is 1. The minimum Gasteiger partial charge on any atom is -0.497 e. The van der Waals surface area contributed by atoms with Crippen LogP contribution < -0.4 is 19.6 Å². The highest BCUT2D eigenvalue weighted by Crippen LogP contribution is 2.32. The maximum atomic E-state index is 13.3. The Bertz CT molecular complexity index is 1380. The molecule has 33 heavy (non-hydrogen) atoms. The normalized spacial score (nSPS) is 15.2. The van der Waals surface area contributed by atoms with Gasteiger partial charge in [0.2, 0.25) is 0 Å². The molecule has 3 aromatic rings. The molecule has 10 heteroatoms. The van der Waals surface area contributed by atoms with Gasteiger partial charge >= 0.3 is 5.97 Å². The number of ether oxygens (including phenoxy) is 2. The van der Waals surface area contributed by atoms with E-state index in [4.69, 9.17) is 19.4 Å². The van der Waals surface area contributed by atoms with E-state index in [9.17, 15) is 9.59 Å². The van der Waals surface area contributed by atoms with Crippen molar-refractivity contribution in [2.45, 2.75) is 19.9 Å². The number of hydrogen-bond acceptors (Lipinski definition) is 8. The summed E-state index contributed by atoms with van der Waals surface area (Å²) in [5.41, 5.74) is 1.61. The number of carboxylic acid groups (broad SMARTS) is 1. The van der Waals surface area contributed by atoms with Gasteiger partial charge in [-0.25, -0.2) is 9.79 Å². The van der Waals surface area contributed by atoms with Crippen LogP contribution >= 0.6 is 22.7 Å². The minimum absolute atomic E-state index is 0.191. The molecule has 1 unspecified atom stereocenters. The van der Waals surface area contributed by atoms with E-state index in [1.807, 2.05) is 47.9 Å². The quantitative estimate of drug-likeness (QED) is 0.568. The molecule has 8 nitrogen and oxygen atoms in total. The SMILES string of the molecule is CC(=O)O.COC(=O)C1=C(C)N=c2s/c(=C/c3cccc(OC)c3)c(=O)n2C1c1cccs1. The van der Waals surface area contributed by atoms with Crippen molar-refractivity contribution in [2.24, 2.45) is 4.99 Å². The number of thiophene rings is 1. The zero-order valence-corrected chi connectivity index (χ0v) is 20.0. The predicted octanol–water partition coefficient (Wildman–Crippen LogP) is 2.57. The summed E-state index contributed by atoms with van der Waals surface area (Å²) in [4.78, 5) is 40.8. The van der Waals surface area contributed by atoms with Crippen LogP contribution in [0.4, 0.5) is 0 Å². The van der Waals surface area contributed by atoms with Gasteiger partial charge in [0.05, 0.1) is 30.0 Å². The number of allylic oxidation sites excluding steroid dienone is 1. The molecule has 4 rings (SSSR count). The van der Waals surface area contributed by atoms with Crippen LogP contribution in [-0.4, -0.2) is 35.8 Å². The van der Waals surface area contributed by atoms with E-state index in [0.29, 0.717) is 26.4 Å². The second-order valence-corrected chi connectivity index (χ2v) is 8.87.